The number of nitrogens with zero attached hydrogens (tertiary/aromatic N) is 5. The second-order valence-electron chi connectivity index (χ2n) is 7.07. The number of rotatable bonds is 6. The first-order valence-electron chi connectivity index (χ1n) is 9.70. The Morgan fingerprint density at radius 1 is 1.10 bits per heavy atom. The Labute approximate surface area is 172 Å². The third kappa shape index (κ3) is 3.04. The number of methoxy groups -OCH3 is 3. The Kier molecular flexibility index (Phi) is 5.25. The first kappa shape index (κ1) is 20.0. The van der Waals surface area contributed by atoms with E-state index in [0.717, 1.165) is 12.1 Å². The molecular weight excluding hydrogens is 390 g/mol. The Balaban J connectivity index is 1.93. The van der Waals surface area contributed by atoms with Crippen LogP contribution in [0.2, 0.25) is 0 Å². The van der Waals surface area contributed by atoms with Crippen LogP contribution in [0, 0.1) is 0 Å². The molecule has 0 amide bonds. The summed E-state index contributed by atoms with van der Waals surface area (Å²) in [6, 6.07) is 5.57. The molecule has 0 fully saturated rings. The predicted molar refractivity (Wildman–Crippen MR) is 112 cm³/mol. The molecule has 3 aromatic rings. The molecule has 0 spiro atoms. The first-order valence-corrected chi connectivity index (χ1v) is 9.70. The van der Waals surface area contributed by atoms with Crippen molar-refractivity contribution in [3.63, 3.8) is 0 Å². The van der Waals surface area contributed by atoms with Crippen LogP contribution in [-0.2, 0) is 24.9 Å². The van der Waals surface area contributed by atoms with E-state index in [-0.39, 0.29) is 18.7 Å². The van der Waals surface area contributed by atoms with E-state index >= 15 is 0 Å². The number of imidazole rings is 1. The van der Waals surface area contributed by atoms with E-state index in [0.29, 0.717) is 41.7 Å². The van der Waals surface area contributed by atoms with Crippen LogP contribution in [0.5, 0.6) is 11.5 Å². The van der Waals surface area contributed by atoms with Crippen LogP contribution < -0.4 is 25.6 Å². The second-order valence-corrected chi connectivity index (χ2v) is 7.07. The third-order valence-electron chi connectivity index (χ3n) is 5.41. The van der Waals surface area contributed by atoms with Crippen LogP contribution in [-0.4, -0.2) is 53.2 Å². The molecule has 4 rings (SSSR count). The fourth-order valence-corrected chi connectivity index (χ4v) is 3.88. The number of fused-ring (bicyclic) bond motifs is 3. The first-order chi connectivity index (χ1) is 14.5. The summed E-state index contributed by atoms with van der Waals surface area (Å²) in [5.41, 5.74) is 0.841. The van der Waals surface area contributed by atoms with Gasteiger partial charge in [0, 0.05) is 33.3 Å². The number of aryl methyl sites for hydroxylation is 2. The zero-order chi connectivity index (χ0) is 21.4. The van der Waals surface area contributed by atoms with Crippen molar-refractivity contribution in [2.45, 2.75) is 19.5 Å². The molecule has 0 atom stereocenters. The molecule has 1 aromatic carbocycles. The highest BCUT2D eigenvalue weighted by atomic mass is 16.5. The molecule has 160 valence electrons. The molecule has 0 unspecified atom stereocenters. The van der Waals surface area contributed by atoms with Gasteiger partial charge in [0.05, 0.1) is 33.1 Å². The molecule has 10 heteroatoms. The lowest BCUT2D eigenvalue weighted by Crippen LogP contribution is -2.40. The number of ether oxygens (including phenoxy) is 3. The average Bonchev–Trinajstić information content (AvgIpc) is 3.17. The number of aromatic nitrogens is 4. The van der Waals surface area contributed by atoms with Crippen LogP contribution in [0.25, 0.3) is 11.2 Å². The van der Waals surface area contributed by atoms with Crippen LogP contribution in [0.1, 0.15) is 6.42 Å². The monoisotopic (exact) mass is 415 g/mol. The molecule has 0 radical (unpaired) electrons. The minimum absolute atomic E-state index is 0.189. The van der Waals surface area contributed by atoms with Crippen molar-refractivity contribution < 1.29 is 14.2 Å². The molecule has 0 N–H and O–H groups in total. The van der Waals surface area contributed by atoms with Gasteiger partial charge in [-0.1, -0.05) is 0 Å². The summed E-state index contributed by atoms with van der Waals surface area (Å²) in [6.07, 6.45) is 0.813. The Morgan fingerprint density at radius 2 is 1.90 bits per heavy atom. The van der Waals surface area contributed by atoms with Gasteiger partial charge in [0.2, 0.25) is 5.95 Å². The number of hydrogen-bond donors (Lipinski definition) is 0. The van der Waals surface area contributed by atoms with Gasteiger partial charge >= 0.3 is 5.69 Å². The maximum atomic E-state index is 13.2. The lowest BCUT2D eigenvalue weighted by atomic mass is 10.2. The predicted octanol–water partition coefficient (Wildman–Crippen LogP) is 1.10. The van der Waals surface area contributed by atoms with E-state index in [1.54, 1.807) is 21.3 Å². The molecule has 10 nitrogen and oxygen atoms in total. The zero-order valence-electron chi connectivity index (χ0n) is 17.5. The second kappa shape index (κ2) is 7.86. The highest BCUT2D eigenvalue weighted by molar-refractivity contribution is 5.78. The van der Waals surface area contributed by atoms with Crippen molar-refractivity contribution in [1.82, 2.24) is 18.7 Å². The van der Waals surface area contributed by atoms with Crippen LogP contribution in [0.4, 0.5) is 11.6 Å². The van der Waals surface area contributed by atoms with Crippen molar-refractivity contribution in [2.24, 2.45) is 7.05 Å². The Morgan fingerprint density at radius 3 is 2.60 bits per heavy atom. The van der Waals surface area contributed by atoms with Gasteiger partial charge in [0.15, 0.2) is 11.2 Å². The van der Waals surface area contributed by atoms with Gasteiger partial charge in [0.1, 0.15) is 11.5 Å². The summed E-state index contributed by atoms with van der Waals surface area (Å²) >= 11 is 0. The lowest BCUT2D eigenvalue weighted by Gasteiger charge is -2.30. The van der Waals surface area contributed by atoms with Crippen LogP contribution in [0.15, 0.2) is 27.8 Å². The summed E-state index contributed by atoms with van der Waals surface area (Å²) in [5, 5.41) is 0. The van der Waals surface area contributed by atoms with Gasteiger partial charge in [-0.05, 0) is 18.6 Å². The molecule has 0 saturated carbocycles. The van der Waals surface area contributed by atoms with Gasteiger partial charge in [-0.3, -0.25) is 13.9 Å². The Hall–Kier alpha value is -3.27. The molecule has 2 aromatic heterocycles. The number of benzene rings is 1. The van der Waals surface area contributed by atoms with Gasteiger partial charge in [-0.25, -0.2) is 4.79 Å². The lowest BCUT2D eigenvalue weighted by molar-refractivity contribution is 0.184. The van der Waals surface area contributed by atoms with E-state index in [4.69, 9.17) is 19.2 Å². The summed E-state index contributed by atoms with van der Waals surface area (Å²) in [4.78, 5) is 32.6. The fraction of sp³-hybridized carbons (Fsp3) is 0.450. The topological polar surface area (TPSA) is 92.8 Å². The van der Waals surface area contributed by atoms with Crippen molar-refractivity contribution in [2.75, 3.05) is 39.4 Å². The zero-order valence-corrected chi connectivity index (χ0v) is 17.5. The molecule has 0 bridgehead atoms. The maximum absolute atomic E-state index is 13.2. The number of hydrogen-bond acceptors (Lipinski definition) is 7. The van der Waals surface area contributed by atoms with E-state index in [1.807, 2.05) is 27.7 Å². The quantitative estimate of drug-likeness (QED) is 0.595. The smallest absolute Gasteiger partial charge is 0.332 e. The van der Waals surface area contributed by atoms with Crippen molar-refractivity contribution >= 4 is 22.8 Å². The molecular formula is C20H25N5O5. The summed E-state index contributed by atoms with van der Waals surface area (Å²) in [7, 11) is 6.37. The van der Waals surface area contributed by atoms with E-state index in [9.17, 15) is 9.59 Å². The maximum Gasteiger partial charge on any atom is 0.332 e. The van der Waals surface area contributed by atoms with E-state index in [2.05, 4.69) is 0 Å². The molecule has 3 heterocycles. The minimum atomic E-state index is -0.409. The highest BCUT2D eigenvalue weighted by Gasteiger charge is 2.28. The average molecular weight is 415 g/mol. The van der Waals surface area contributed by atoms with Gasteiger partial charge in [-0.2, -0.15) is 4.98 Å². The molecule has 1 aliphatic rings. The summed E-state index contributed by atoms with van der Waals surface area (Å²) in [6.45, 7) is 1.81. The summed E-state index contributed by atoms with van der Waals surface area (Å²) < 4.78 is 20.4. The standard InChI is InChI=1S/C20H25N5O5/c1-22-17-16(18(26)25(20(22)27)10-11-28-2)24-9-5-8-23(19(24)21-17)14-7-6-13(29-3)12-15(14)30-4/h6-7,12H,5,8-11H2,1-4H3. The van der Waals surface area contributed by atoms with Gasteiger partial charge in [0.25, 0.3) is 5.56 Å². The molecule has 0 saturated heterocycles. The van der Waals surface area contributed by atoms with Crippen molar-refractivity contribution in [3.05, 3.63) is 39.0 Å². The minimum Gasteiger partial charge on any atom is -0.497 e. The van der Waals surface area contributed by atoms with Crippen molar-refractivity contribution in [1.29, 1.82) is 0 Å². The number of anilines is 2. The summed E-state index contributed by atoms with van der Waals surface area (Å²) in [5.74, 6) is 1.93. The van der Waals surface area contributed by atoms with E-state index < -0.39 is 5.69 Å². The van der Waals surface area contributed by atoms with Gasteiger partial charge in [-0.15, -0.1) is 0 Å². The fourth-order valence-electron chi connectivity index (χ4n) is 3.88. The normalized spacial score (nSPS) is 13.5. The molecule has 1 aliphatic heterocycles. The SMILES string of the molecule is COCCn1c(=O)c2c(nc3n2CCCN3c2ccc(OC)cc2OC)n(C)c1=O. The van der Waals surface area contributed by atoms with Crippen molar-refractivity contribution in [3.8, 4) is 11.5 Å². The Bertz CT molecular complexity index is 1210. The molecule has 0 aliphatic carbocycles. The highest BCUT2D eigenvalue weighted by Crippen LogP contribution is 2.38. The van der Waals surface area contributed by atoms with E-state index in [1.165, 1.54) is 16.2 Å². The molecule has 30 heavy (non-hydrogen) atoms. The van der Waals surface area contributed by atoms with Crippen LogP contribution in [0.3, 0.4) is 0 Å². The largest absolute Gasteiger partial charge is 0.497 e. The van der Waals surface area contributed by atoms with Crippen LogP contribution >= 0.6 is 0 Å². The van der Waals surface area contributed by atoms with Gasteiger partial charge < -0.3 is 23.7 Å². The third-order valence-corrected chi connectivity index (χ3v) is 5.41.